The molecule has 21 heavy (non-hydrogen) atoms. The number of ether oxygens (including phenoxy) is 1. The Kier molecular flexibility index (Phi) is 6.33. The molecule has 1 aromatic carbocycles. The monoisotopic (exact) mass is 331 g/mol. The number of halogens is 2. The van der Waals surface area contributed by atoms with E-state index in [1.165, 1.54) is 0 Å². The maximum atomic E-state index is 9.81. The van der Waals surface area contributed by atoms with Crippen molar-refractivity contribution in [3.05, 3.63) is 33.8 Å². The fraction of sp³-hybridized carbons (Fsp3) is 0.625. The number of methoxy groups -OCH3 is 1. The SMILES string of the molecule is COCC[C@]1(CO)CCCN(Cc2ccc(Cl)c(Cl)c2)C1. The maximum absolute atomic E-state index is 9.81. The number of aliphatic hydroxyl groups is 1. The molecule has 0 unspecified atom stereocenters. The number of rotatable bonds is 6. The average Bonchev–Trinajstić information content (AvgIpc) is 2.49. The largest absolute Gasteiger partial charge is 0.396 e. The van der Waals surface area contributed by atoms with Crippen molar-refractivity contribution in [1.82, 2.24) is 4.90 Å². The average molecular weight is 332 g/mol. The van der Waals surface area contributed by atoms with Gasteiger partial charge in [0.05, 0.1) is 16.7 Å². The normalized spacial score (nSPS) is 23.4. The summed E-state index contributed by atoms with van der Waals surface area (Å²) in [6.07, 6.45) is 3.06. The number of benzene rings is 1. The van der Waals surface area contributed by atoms with E-state index in [9.17, 15) is 5.11 Å². The lowest BCUT2D eigenvalue weighted by Gasteiger charge is -2.42. The third kappa shape index (κ3) is 4.57. The highest BCUT2D eigenvalue weighted by Gasteiger charge is 2.34. The van der Waals surface area contributed by atoms with E-state index in [1.807, 2.05) is 18.2 Å². The lowest BCUT2D eigenvalue weighted by molar-refractivity contribution is 0.00476. The fourth-order valence-electron chi connectivity index (χ4n) is 3.07. The van der Waals surface area contributed by atoms with Crippen LogP contribution in [-0.2, 0) is 11.3 Å². The molecule has 5 heteroatoms. The van der Waals surface area contributed by atoms with Gasteiger partial charge in [0.2, 0.25) is 0 Å². The first-order valence-corrected chi connectivity index (χ1v) is 8.10. The van der Waals surface area contributed by atoms with Crippen molar-refractivity contribution in [2.75, 3.05) is 33.4 Å². The Morgan fingerprint density at radius 2 is 2.14 bits per heavy atom. The van der Waals surface area contributed by atoms with E-state index in [2.05, 4.69) is 4.90 Å². The molecule has 0 radical (unpaired) electrons. The van der Waals surface area contributed by atoms with Crippen LogP contribution in [0.2, 0.25) is 10.0 Å². The van der Waals surface area contributed by atoms with Gasteiger partial charge in [-0.05, 0) is 43.5 Å². The van der Waals surface area contributed by atoms with Crippen LogP contribution >= 0.6 is 23.2 Å². The molecule has 0 saturated carbocycles. The Morgan fingerprint density at radius 1 is 1.33 bits per heavy atom. The van der Waals surface area contributed by atoms with Gasteiger partial charge in [-0.25, -0.2) is 0 Å². The highest BCUT2D eigenvalue weighted by atomic mass is 35.5. The zero-order valence-corrected chi connectivity index (χ0v) is 14.0. The summed E-state index contributed by atoms with van der Waals surface area (Å²) in [5.41, 5.74) is 1.12. The number of hydrogen-bond acceptors (Lipinski definition) is 3. The number of piperidine rings is 1. The van der Waals surface area contributed by atoms with Crippen molar-refractivity contribution >= 4 is 23.2 Å². The maximum Gasteiger partial charge on any atom is 0.0595 e. The molecule has 0 bridgehead atoms. The third-order valence-electron chi connectivity index (χ3n) is 4.30. The lowest BCUT2D eigenvalue weighted by atomic mass is 9.78. The molecule has 1 atom stereocenters. The molecule has 0 amide bonds. The number of aliphatic hydroxyl groups excluding tert-OH is 1. The first-order valence-electron chi connectivity index (χ1n) is 7.35. The summed E-state index contributed by atoms with van der Waals surface area (Å²) in [5.74, 6) is 0. The van der Waals surface area contributed by atoms with E-state index in [0.29, 0.717) is 16.7 Å². The summed E-state index contributed by atoms with van der Waals surface area (Å²) in [6.45, 7) is 3.70. The standard InChI is InChI=1S/C16H23Cl2NO2/c1-21-8-6-16(12-20)5-2-7-19(11-16)10-13-3-4-14(17)15(18)9-13/h3-4,9,20H,2,5-8,10-12H2,1H3/t16-/m1/s1. The van der Waals surface area contributed by atoms with Crippen LogP contribution in [0.25, 0.3) is 0 Å². The van der Waals surface area contributed by atoms with Crippen LogP contribution < -0.4 is 0 Å². The molecule has 0 spiro atoms. The van der Waals surface area contributed by atoms with E-state index in [-0.39, 0.29) is 12.0 Å². The van der Waals surface area contributed by atoms with Crippen LogP contribution in [0.15, 0.2) is 18.2 Å². The molecular formula is C16H23Cl2NO2. The summed E-state index contributed by atoms with van der Waals surface area (Å²) >= 11 is 12.0. The van der Waals surface area contributed by atoms with Gasteiger partial charge in [-0.2, -0.15) is 0 Å². The summed E-state index contributed by atoms with van der Waals surface area (Å²) in [4.78, 5) is 2.38. The molecule has 1 aliphatic rings. The van der Waals surface area contributed by atoms with Gasteiger partial charge in [-0.15, -0.1) is 0 Å². The zero-order valence-electron chi connectivity index (χ0n) is 12.4. The van der Waals surface area contributed by atoms with E-state index in [4.69, 9.17) is 27.9 Å². The zero-order chi connectivity index (χ0) is 15.3. The number of likely N-dealkylation sites (tertiary alicyclic amines) is 1. The van der Waals surface area contributed by atoms with Crippen molar-refractivity contribution in [1.29, 1.82) is 0 Å². The molecule has 118 valence electrons. The summed E-state index contributed by atoms with van der Waals surface area (Å²) < 4.78 is 5.19. The Morgan fingerprint density at radius 3 is 2.81 bits per heavy atom. The van der Waals surface area contributed by atoms with E-state index in [1.54, 1.807) is 7.11 Å². The number of nitrogens with zero attached hydrogens (tertiary/aromatic N) is 1. The highest BCUT2D eigenvalue weighted by Crippen LogP contribution is 2.34. The minimum absolute atomic E-state index is 0.0372. The smallest absolute Gasteiger partial charge is 0.0595 e. The van der Waals surface area contributed by atoms with Gasteiger partial charge in [0.1, 0.15) is 0 Å². The first kappa shape index (κ1) is 17.0. The van der Waals surface area contributed by atoms with Crippen LogP contribution in [-0.4, -0.2) is 43.4 Å². The molecule has 0 aromatic heterocycles. The molecule has 1 heterocycles. The van der Waals surface area contributed by atoms with E-state index < -0.39 is 0 Å². The summed E-state index contributed by atoms with van der Waals surface area (Å²) in [6, 6.07) is 5.78. The quantitative estimate of drug-likeness (QED) is 0.864. The first-order chi connectivity index (χ1) is 10.1. The Hall–Kier alpha value is -0.320. The molecule has 1 aromatic rings. The van der Waals surface area contributed by atoms with Crippen molar-refractivity contribution < 1.29 is 9.84 Å². The summed E-state index contributed by atoms with van der Waals surface area (Å²) in [5, 5.41) is 11.0. The van der Waals surface area contributed by atoms with Gasteiger partial charge < -0.3 is 9.84 Å². The Labute approximate surface area is 136 Å². The van der Waals surface area contributed by atoms with Crippen LogP contribution in [0.3, 0.4) is 0 Å². The predicted octanol–water partition coefficient (Wildman–Crippen LogP) is 3.60. The Bertz CT molecular complexity index is 470. The molecule has 1 saturated heterocycles. The molecular weight excluding hydrogens is 309 g/mol. The second kappa shape index (κ2) is 7.80. The Balaban J connectivity index is 2.01. The van der Waals surface area contributed by atoms with Crippen molar-refractivity contribution in [3.63, 3.8) is 0 Å². The fourth-order valence-corrected chi connectivity index (χ4v) is 3.39. The molecule has 3 nitrogen and oxygen atoms in total. The van der Waals surface area contributed by atoms with E-state index in [0.717, 1.165) is 44.5 Å². The van der Waals surface area contributed by atoms with Crippen LogP contribution in [0.5, 0.6) is 0 Å². The second-order valence-corrected chi connectivity index (χ2v) is 6.78. The van der Waals surface area contributed by atoms with E-state index >= 15 is 0 Å². The molecule has 0 aliphatic carbocycles. The van der Waals surface area contributed by atoms with Gasteiger partial charge in [0.25, 0.3) is 0 Å². The van der Waals surface area contributed by atoms with Crippen LogP contribution in [0.4, 0.5) is 0 Å². The molecule has 1 fully saturated rings. The minimum atomic E-state index is -0.0372. The second-order valence-electron chi connectivity index (χ2n) is 5.96. The van der Waals surface area contributed by atoms with Gasteiger partial charge in [-0.3, -0.25) is 4.90 Å². The van der Waals surface area contributed by atoms with Crippen molar-refractivity contribution in [2.24, 2.45) is 5.41 Å². The third-order valence-corrected chi connectivity index (χ3v) is 5.04. The summed E-state index contributed by atoms with van der Waals surface area (Å²) in [7, 11) is 1.71. The molecule has 2 rings (SSSR count). The van der Waals surface area contributed by atoms with Gasteiger partial charge in [0, 0.05) is 32.2 Å². The van der Waals surface area contributed by atoms with Gasteiger partial charge in [-0.1, -0.05) is 29.3 Å². The van der Waals surface area contributed by atoms with Crippen molar-refractivity contribution in [3.8, 4) is 0 Å². The predicted molar refractivity (Wildman–Crippen MR) is 87.0 cm³/mol. The highest BCUT2D eigenvalue weighted by molar-refractivity contribution is 6.42. The number of hydrogen-bond donors (Lipinski definition) is 1. The van der Waals surface area contributed by atoms with Gasteiger partial charge >= 0.3 is 0 Å². The van der Waals surface area contributed by atoms with Crippen molar-refractivity contribution in [2.45, 2.75) is 25.8 Å². The van der Waals surface area contributed by atoms with Crippen LogP contribution in [0, 0.1) is 5.41 Å². The molecule has 1 aliphatic heterocycles. The van der Waals surface area contributed by atoms with Gasteiger partial charge in [0.15, 0.2) is 0 Å². The lowest BCUT2D eigenvalue weighted by Crippen LogP contribution is -2.45. The topological polar surface area (TPSA) is 32.7 Å². The molecule has 1 N–H and O–H groups in total. The minimum Gasteiger partial charge on any atom is -0.396 e. The van der Waals surface area contributed by atoms with Crippen LogP contribution in [0.1, 0.15) is 24.8 Å².